The van der Waals surface area contributed by atoms with Crippen LogP contribution in [0.25, 0.3) is 0 Å². The van der Waals surface area contributed by atoms with Gasteiger partial charge >= 0.3 is 5.97 Å². The standard InChI is InChI=1S/C17H16N4O4/c1-11(19)13(9-18)15(22)10-25-17(24)14-7-8-16(23)21(20-14)12-5-3-2-4-6-12/h2-6H,7-8,10,19H2,1H3. The Balaban J connectivity index is 2.09. The fourth-order valence-electron chi connectivity index (χ4n) is 2.13. The van der Waals surface area contributed by atoms with E-state index in [1.165, 1.54) is 6.92 Å². The van der Waals surface area contributed by atoms with Gasteiger partial charge in [0.05, 0.1) is 5.69 Å². The topological polar surface area (TPSA) is 126 Å². The first-order chi connectivity index (χ1) is 11.9. The summed E-state index contributed by atoms with van der Waals surface area (Å²) in [5.74, 6) is -1.75. The van der Waals surface area contributed by atoms with Gasteiger partial charge in [0.15, 0.2) is 6.61 Å². The van der Waals surface area contributed by atoms with E-state index in [1.54, 1.807) is 36.4 Å². The molecule has 0 saturated heterocycles. The van der Waals surface area contributed by atoms with Crippen LogP contribution in [0, 0.1) is 11.3 Å². The van der Waals surface area contributed by atoms with E-state index in [-0.39, 0.29) is 35.7 Å². The first-order valence-corrected chi connectivity index (χ1v) is 7.46. The normalized spacial score (nSPS) is 15.0. The highest BCUT2D eigenvalue weighted by atomic mass is 16.5. The summed E-state index contributed by atoms with van der Waals surface area (Å²) in [6.07, 6.45) is 0.216. The first-order valence-electron chi connectivity index (χ1n) is 7.46. The minimum Gasteiger partial charge on any atom is -0.453 e. The third-order valence-corrected chi connectivity index (χ3v) is 3.39. The first kappa shape index (κ1) is 17.9. The number of rotatable bonds is 5. The van der Waals surface area contributed by atoms with E-state index in [1.807, 2.05) is 0 Å². The van der Waals surface area contributed by atoms with Crippen molar-refractivity contribution in [3.05, 3.63) is 41.6 Å². The van der Waals surface area contributed by atoms with Crippen molar-refractivity contribution >= 4 is 29.1 Å². The van der Waals surface area contributed by atoms with Crippen LogP contribution in [-0.2, 0) is 19.1 Å². The second-order valence-corrected chi connectivity index (χ2v) is 5.26. The number of para-hydroxylation sites is 1. The van der Waals surface area contributed by atoms with Crippen molar-refractivity contribution in [1.82, 2.24) is 0 Å². The van der Waals surface area contributed by atoms with Gasteiger partial charge in [-0.05, 0) is 19.1 Å². The second-order valence-electron chi connectivity index (χ2n) is 5.26. The maximum absolute atomic E-state index is 12.1. The minimum atomic E-state index is -0.811. The number of hydrogen-bond acceptors (Lipinski definition) is 7. The van der Waals surface area contributed by atoms with Crippen molar-refractivity contribution in [2.75, 3.05) is 11.6 Å². The quantitative estimate of drug-likeness (QED) is 0.485. The molecule has 0 radical (unpaired) electrons. The maximum atomic E-state index is 12.1. The van der Waals surface area contributed by atoms with Crippen LogP contribution in [0.1, 0.15) is 19.8 Å². The third-order valence-electron chi connectivity index (χ3n) is 3.39. The zero-order chi connectivity index (χ0) is 18.4. The lowest BCUT2D eigenvalue weighted by molar-refractivity contribution is -0.140. The summed E-state index contributed by atoms with van der Waals surface area (Å²) in [4.78, 5) is 35.9. The van der Waals surface area contributed by atoms with Gasteiger partial charge in [0, 0.05) is 18.5 Å². The number of nitrogens with two attached hydrogens (primary N) is 1. The number of benzene rings is 1. The number of esters is 1. The number of allylic oxidation sites excluding steroid dienone is 1. The molecule has 128 valence electrons. The van der Waals surface area contributed by atoms with Crippen molar-refractivity contribution in [2.45, 2.75) is 19.8 Å². The van der Waals surface area contributed by atoms with Crippen molar-refractivity contribution in [3.8, 4) is 6.07 Å². The molecule has 1 aromatic rings. The Bertz CT molecular complexity index is 802. The monoisotopic (exact) mass is 340 g/mol. The summed E-state index contributed by atoms with van der Waals surface area (Å²) in [6.45, 7) is 0.793. The van der Waals surface area contributed by atoms with Gasteiger partial charge in [-0.1, -0.05) is 18.2 Å². The molecular weight excluding hydrogens is 324 g/mol. The average molecular weight is 340 g/mol. The summed E-state index contributed by atoms with van der Waals surface area (Å²) < 4.78 is 4.90. The summed E-state index contributed by atoms with van der Waals surface area (Å²) in [5, 5.41) is 14.0. The number of ketones is 1. The average Bonchev–Trinajstić information content (AvgIpc) is 2.61. The molecule has 1 aliphatic rings. The number of hydrogen-bond donors (Lipinski definition) is 1. The Morgan fingerprint density at radius 1 is 1.32 bits per heavy atom. The molecule has 2 N–H and O–H groups in total. The number of carbonyl (C=O) groups is 3. The number of carbonyl (C=O) groups excluding carboxylic acids is 3. The molecule has 1 heterocycles. The highest BCUT2D eigenvalue weighted by Gasteiger charge is 2.27. The Labute approximate surface area is 144 Å². The molecule has 0 fully saturated rings. The predicted octanol–water partition coefficient (Wildman–Crippen LogP) is 1.04. The molecule has 0 aromatic heterocycles. The molecular formula is C17H16N4O4. The van der Waals surface area contributed by atoms with Gasteiger partial charge in [-0.3, -0.25) is 9.59 Å². The molecule has 0 aliphatic carbocycles. The van der Waals surface area contributed by atoms with Crippen LogP contribution in [-0.4, -0.2) is 30.0 Å². The van der Waals surface area contributed by atoms with Gasteiger partial charge in [0.2, 0.25) is 11.7 Å². The lowest BCUT2D eigenvalue weighted by atomic mass is 10.1. The molecule has 0 unspecified atom stereocenters. The van der Waals surface area contributed by atoms with Crippen molar-refractivity contribution in [3.63, 3.8) is 0 Å². The number of Topliss-reactive ketones (excluding diaryl/α,β-unsaturated/α-hetero) is 1. The number of nitrogens with zero attached hydrogens (tertiary/aromatic N) is 3. The smallest absolute Gasteiger partial charge is 0.354 e. The van der Waals surface area contributed by atoms with Gasteiger partial charge in [-0.15, -0.1) is 0 Å². The van der Waals surface area contributed by atoms with Gasteiger partial charge in [-0.25, -0.2) is 9.80 Å². The van der Waals surface area contributed by atoms with Crippen molar-refractivity contribution in [2.24, 2.45) is 10.8 Å². The number of nitriles is 1. The highest BCUT2D eigenvalue weighted by molar-refractivity contribution is 6.38. The number of hydrazone groups is 1. The molecule has 0 spiro atoms. The molecule has 1 aromatic carbocycles. The number of amides is 1. The third kappa shape index (κ3) is 4.29. The van der Waals surface area contributed by atoms with Crippen LogP contribution in [0.2, 0.25) is 0 Å². The molecule has 2 rings (SSSR count). The Morgan fingerprint density at radius 3 is 2.60 bits per heavy atom. The van der Waals surface area contributed by atoms with Gasteiger partial charge in [0.1, 0.15) is 17.4 Å². The van der Waals surface area contributed by atoms with E-state index in [9.17, 15) is 14.4 Å². The summed E-state index contributed by atoms with van der Waals surface area (Å²) >= 11 is 0. The Morgan fingerprint density at radius 2 is 2.00 bits per heavy atom. The highest BCUT2D eigenvalue weighted by Crippen LogP contribution is 2.20. The zero-order valence-corrected chi connectivity index (χ0v) is 13.6. The van der Waals surface area contributed by atoms with Crippen molar-refractivity contribution < 1.29 is 19.1 Å². The van der Waals surface area contributed by atoms with E-state index in [0.717, 1.165) is 5.01 Å². The molecule has 8 nitrogen and oxygen atoms in total. The van der Waals surface area contributed by atoms with E-state index >= 15 is 0 Å². The van der Waals surface area contributed by atoms with E-state index in [4.69, 9.17) is 15.7 Å². The number of anilines is 1. The van der Waals surface area contributed by atoms with Crippen LogP contribution in [0.15, 0.2) is 46.7 Å². The summed E-state index contributed by atoms with van der Waals surface area (Å²) in [6, 6.07) is 10.3. The summed E-state index contributed by atoms with van der Waals surface area (Å²) in [7, 11) is 0. The van der Waals surface area contributed by atoms with Crippen LogP contribution >= 0.6 is 0 Å². The van der Waals surface area contributed by atoms with Gasteiger partial charge in [-0.2, -0.15) is 10.4 Å². The van der Waals surface area contributed by atoms with Crippen LogP contribution in [0.3, 0.4) is 0 Å². The SMILES string of the molecule is CC(N)=C(C#N)C(=O)COC(=O)C1=NN(c2ccccc2)C(=O)CC1. The molecule has 1 amide bonds. The van der Waals surface area contributed by atoms with E-state index in [2.05, 4.69) is 5.10 Å². The van der Waals surface area contributed by atoms with Crippen LogP contribution in [0.5, 0.6) is 0 Å². The Hall–Kier alpha value is -3.47. The minimum absolute atomic E-state index is 0.0308. The Kier molecular flexibility index (Phi) is 5.63. The molecule has 1 aliphatic heterocycles. The van der Waals surface area contributed by atoms with Gasteiger partial charge in [0.25, 0.3) is 0 Å². The lowest BCUT2D eigenvalue weighted by Gasteiger charge is -2.22. The largest absolute Gasteiger partial charge is 0.453 e. The predicted molar refractivity (Wildman–Crippen MR) is 89.1 cm³/mol. The van der Waals surface area contributed by atoms with E-state index < -0.39 is 18.4 Å². The molecule has 0 atom stereocenters. The lowest BCUT2D eigenvalue weighted by Crippen LogP contribution is -2.35. The molecule has 8 heteroatoms. The molecule has 25 heavy (non-hydrogen) atoms. The molecule has 0 saturated carbocycles. The maximum Gasteiger partial charge on any atom is 0.354 e. The van der Waals surface area contributed by atoms with Crippen LogP contribution in [0.4, 0.5) is 5.69 Å². The van der Waals surface area contributed by atoms with E-state index in [0.29, 0.717) is 5.69 Å². The fourth-order valence-corrected chi connectivity index (χ4v) is 2.13. The number of ether oxygens (including phenoxy) is 1. The zero-order valence-electron chi connectivity index (χ0n) is 13.6. The summed E-state index contributed by atoms with van der Waals surface area (Å²) in [5.41, 5.74) is 5.79. The van der Waals surface area contributed by atoms with Crippen LogP contribution < -0.4 is 10.7 Å². The second kappa shape index (κ2) is 7.88. The fraction of sp³-hybridized carbons (Fsp3) is 0.235. The van der Waals surface area contributed by atoms with Crippen molar-refractivity contribution in [1.29, 1.82) is 5.26 Å². The van der Waals surface area contributed by atoms with Gasteiger partial charge < -0.3 is 10.5 Å². The molecule has 0 bridgehead atoms.